The Balaban J connectivity index is 1.65. The number of hydrogen-bond acceptors (Lipinski definition) is 3. The molecule has 1 aliphatic rings. The van der Waals surface area contributed by atoms with Gasteiger partial charge in [0.1, 0.15) is 5.82 Å². The molecular weight excluding hydrogens is 288 g/mol. The molecule has 1 aromatic rings. The normalized spacial score (nSPS) is 17.2. The molecule has 2 heterocycles. The Morgan fingerprint density at radius 2 is 1.96 bits per heavy atom. The first kappa shape index (κ1) is 17.8. The van der Waals surface area contributed by atoms with Crippen molar-refractivity contribution in [3.05, 3.63) is 23.4 Å². The van der Waals surface area contributed by atoms with Gasteiger partial charge in [0.05, 0.1) is 0 Å². The third kappa shape index (κ3) is 6.59. The van der Waals surface area contributed by atoms with Crippen molar-refractivity contribution < 1.29 is 9.90 Å². The van der Waals surface area contributed by atoms with E-state index in [1.165, 1.54) is 43.4 Å². The second-order valence-corrected chi connectivity index (χ2v) is 6.76. The van der Waals surface area contributed by atoms with Crippen molar-refractivity contribution in [2.75, 3.05) is 5.32 Å². The van der Waals surface area contributed by atoms with E-state index >= 15 is 0 Å². The fraction of sp³-hybridized carbons (Fsp3) is 0.684. The minimum atomic E-state index is -0.679. The van der Waals surface area contributed by atoms with Crippen LogP contribution in [-0.4, -0.2) is 22.1 Å². The van der Waals surface area contributed by atoms with Gasteiger partial charge in [0.25, 0.3) is 0 Å². The van der Waals surface area contributed by atoms with E-state index in [2.05, 4.69) is 24.4 Å². The van der Waals surface area contributed by atoms with Gasteiger partial charge < -0.3 is 10.4 Å². The number of rotatable bonds is 9. The first-order valence-electron chi connectivity index (χ1n) is 9.12. The van der Waals surface area contributed by atoms with Crippen LogP contribution in [0.25, 0.3) is 0 Å². The number of pyridine rings is 1. The predicted octanol–water partition coefficient (Wildman–Crippen LogP) is 4.58. The fourth-order valence-electron chi connectivity index (χ4n) is 3.19. The maximum Gasteiger partial charge on any atom is 0.303 e. The average molecular weight is 318 g/mol. The SMILES string of the molecule is CC1CCCc2ccc(CCCCCCCCC(=O)O)nc2N1. The average Bonchev–Trinajstić information content (AvgIpc) is 2.69. The molecular formula is C19H30N2O2. The number of fused-ring (bicyclic) bond motifs is 1. The molecule has 1 atom stereocenters. The highest BCUT2D eigenvalue weighted by Gasteiger charge is 2.13. The van der Waals surface area contributed by atoms with Gasteiger partial charge in [-0.3, -0.25) is 4.79 Å². The molecule has 0 radical (unpaired) electrons. The van der Waals surface area contributed by atoms with Gasteiger partial charge in [-0.15, -0.1) is 0 Å². The van der Waals surface area contributed by atoms with Crippen LogP contribution in [0.1, 0.15) is 76.0 Å². The summed E-state index contributed by atoms with van der Waals surface area (Å²) in [6, 6.07) is 4.95. The van der Waals surface area contributed by atoms with Crippen molar-refractivity contribution >= 4 is 11.8 Å². The van der Waals surface area contributed by atoms with Gasteiger partial charge in [-0.05, 0) is 57.1 Å². The first-order chi connectivity index (χ1) is 11.1. The lowest BCUT2D eigenvalue weighted by atomic mass is 10.1. The van der Waals surface area contributed by atoms with Gasteiger partial charge in [-0.1, -0.05) is 31.7 Å². The molecule has 4 nitrogen and oxygen atoms in total. The Kier molecular flexibility index (Phi) is 7.37. The Labute approximate surface area is 139 Å². The van der Waals surface area contributed by atoms with Crippen molar-refractivity contribution in [3.63, 3.8) is 0 Å². The number of aliphatic carboxylic acids is 1. The summed E-state index contributed by atoms with van der Waals surface area (Å²) in [6.45, 7) is 2.23. The van der Waals surface area contributed by atoms with Crippen LogP contribution in [0.5, 0.6) is 0 Å². The molecule has 23 heavy (non-hydrogen) atoms. The zero-order chi connectivity index (χ0) is 16.5. The van der Waals surface area contributed by atoms with Crippen molar-refractivity contribution in [1.82, 2.24) is 4.98 Å². The van der Waals surface area contributed by atoms with E-state index in [1.807, 2.05) is 0 Å². The van der Waals surface area contributed by atoms with Gasteiger partial charge in [-0.25, -0.2) is 4.98 Å². The number of hydrogen-bond donors (Lipinski definition) is 2. The van der Waals surface area contributed by atoms with Crippen LogP contribution in [0.3, 0.4) is 0 Å². The van der Waals surface area contributed by atoms with E-state index in [4.69, 9.17) is 10.1 Å². The van der Waals surface area contributed by atoms with Crippen molar-refractivity contribution in [2.45, 2.75) is 83.6 Å². The summed E-state index contributed by atoms with van der Waals surface area (Å²) < 4.78 is 0. The fourth-order valence-corrected chi connectivity index (χ4v) is 3.19. The molecule has 0 amide bonds. The number of nitrogens with one attached hydrogen (secondary N) is 1. The summed E-state index contributed by atoms with van der Waals surface area (Å²) in [7, 11) is 0. The maximum atomic E-state index is 10.4. The van der Waals surface area contributed by atoms with Gasteiger partial charge in [0.2, 0.25) is 0 Å². The van der Waals surface area contributed by atoms with Gasteiger partial charge >= 0.3 is 5.97 Å². The van der Waals surface area contributed by atoms with Crippen LogP contribution in [0.4, 0.5) is 5.82 Å². The molecule has 1 aliphatic heterocycles. The van der Waals surface area contributed by atoms with Crippen LogP contribution in [-0.2, 0) is 17.6 Å². The summed E-state index contributed by atoms with van der Waals surface area (Å²) in [4.78, 5) is 15.2. The zero-order valence-electron chi connectivity index (χ0n) is 14.3. The quantitative estimate of drug-likeness (QED) is 0.654. The molecule has 1 aromatic heterocycles. The lowest BCUT2D eigenvalue weighted by molar-refractivity contribution is -0.137. The van der Waals surface area contributed by atoms with Crippen molar-refractivity contribution in [2.24, 2.45) is 0 Å². The van der Waals surface area contributed by atoms with E-state index < -0.39 is 5.97 Å². The highest BCUT2D eigenvalue weighted by Crippen LogP contribution is 2.23. The Morgan fingerprint density at radius 1 is 1.22 bits per heavy atom. The lowest BCUT2D eigenvalue weighted by Crippen LogP contribution is -2.14. The molecule has 2 N–H and O–H groups in total. The second kappa shape index (κ2) is 9.53. The summed E-state index contributed by atoms with van der Waals surface area (Å²) in [5.41, 5.74) is 2.55. The number of carboxylic acids is 1. The van der Waals surface area contributed by atoms with Crippen LogP contribution in [0.15, 0.2) is 12.1 Å². The van der Waals surface area contributed by atoms with E-state index in [1.54, 1.807) is 0 Å². The van der Waals surface area contributed by atoms with E-state index in [9.17, 15) is 4.79 Å². The minimum Gasteiger partial charge on any atom is -0.481 e. The van der Waals surface area contributed by atoms with Crippen LogP contribution in [0.2, 0.25) is 0 Å². The van der Waals surface area contributed by atoms with E-state index in [-0.39, 0.29) is 0 Å². The molecule has 1 unspecified atom stereocenters. The maximum absolute atomic E-state index is 10.4. The topological polar surface area (TPSA) is 62.2 Å². The van der Waals surface area contributed by atoms with Crippen molar-refractivity contribution in [3.8, 4) is 0 Å². The number of carboxylic acid groups (broad SMARTS) is 1. The molecule has 0 fully saturated rings. The largest absolute Gasteiger partial charge is 0.481 e. The predicted molar refractivity (Wildman–Crippen MR) is 93.9 cm³/mol. The van der Waals surface area contributed by atoms with Gasteiger partial charge in [0, 0.05) is 18.2 Å². The second-order valence-electron chi connectivity index (χ2n) is 6.76. The molecule has 0 aliphatic carbocycles. The monoisotopic (exact) mass is 318 g/mol. The number of aryl methyl sites for hydroxylation is 2. The summed E-state index contributed by atoms with van der Waals surface area (Å²) in [5, 5.41) is 12.1. The number of unbranched alkanes of at least 4 members (excludes halogenated alkanes) is 5. The zero-order valence-corrected chi connectivity index (χ0v) is 14.3. The summed E-state index contributed by atoms with van der Waals surface area (Å²) >= 11 is 0. The van der Waals surface area contributed by atoms with Crippen LogP contribution in [0, 0.1) is 0 Å². The Bertz CT molecular complexity index is 502. The Morgan fingerprint density at radius 3 is 2.74 bits per heavy atom. The van der Waals surface area contributed by atoms with Gasteiger partial charge in [-0.2, -0.15) is 0 Å². The third-order valence-corrected chi connectivity index (χ3v) is 4.58. The van der Waals surface area contributed by atoms with E-state index in [0.717, 1.165) is 37.9 Å². The molecule has 0 spiro atoms. The number of aromatic nitrogens is 1. The first-order valence-corrected chi connectivity index (χ1v) is 9.12. The number of anilines is 1. The molecule has 0 bridgehead atoms. The number of carbonyl (C=O) groups is 1. The lowest BCUT2D eigenvalue weighted by Gasteiger charge is -2.13. The molecule has 4 heteroatoms. The van der Waals surface area contributed by atoms with Crippen LogP contribution >= 0.6 is 0 Å². The molecule has 0 aromatic carbocycles. The summed E-state index contributed by atoms with van der Waals surface area (Å²) in [5.74, 6) is 0.420. The molecule has 0 saturated carbocycles. The standard InChI is InChI=1S/C19H30N2O2/c1-15-9-8-10-16-13-14-17(21-19(16)20-15)11-6-4-2-3-5-7-12-18(22)23/h13-15H,2-12H2,1H3,(H,20,21)(H,22,23). The Hall–Kier alpha value is -1.58. The summed E-state index contributed by atoms with van der Waals surface area (Å²) in [6.07, 6.45) is 11.5. The number of nitrogens with zero attached hydrogens (tertiary/aromatic N) is 1. The smallest absolute Gasteiger partial charge is 0.303 e. The van der Waals surface area contributed by atoms with Crippen molar-refractivity contribution in [1.29, 1.82) is 0 Å². The molecule has 128 valence electrons. The van der Waals surface area contributed by atoms with E-state index in [0.29, 0.717) is 12.5 Å². The molecule has 0 saturated heterocycles. The minimum absolute atomic E-state index is 0.310. The third-order valence-electron chi connectivity index (χ3n) is 4.58. The molecule has 2 rings (SSSR count). The van der Waals surface area contributed by atoms with Crippen LogP contribution < -0.4 is 5.32 Å². The van der Waals surface area contributed by atoms with Gasteiger partial charge in [0.15, 0.2) is 0 Å². The highest BCUT2D eigenvalue weighted by atomic mass is 16.4. The highest BCUT2D eigenvalue weighted by molar-refractivity contribution is 5.66.